The first-order valence-electron chi connectivity index (χ1n) is 2.17. The van der Waals surface area contributed by atoms with Crippen LogP contribution >= 0.6 is 0 Å². The average molecular weight is 152 g/mol. The number of quaternary nitrogens is 2. The molecule has 60 valence electrons. The SMILES string of the molecule is C=N[N+](N)(N)O[N+](N)(N)N. The maximum atomic E-state index is 5.01. The number of rotatable bonds is 3. The molecule has 0 saturated carbocycles. The Labute approximate surface area is 57.1 Å². The Morgan fingerprint density at radius 3 is 1.60 bits per heavy atom. The second kappa shape index (κ2) is 2.53. The summed E-state index contributed by atoms with van der Waals surface area (Å²) in [6.07, 6.45) is 0. The molecule has 0 bridgehead atoms. The first-order chi connectivity index (χ1) is 4.27. The van der Waals surface area contributed by atoms with Crippen LogP contribution in [0.25, 0.3) is 0 Å². The average Bonchev–Trinajstić information content (AvgIpc) is 1.60. The lowest BCUT2D eigenvalue weighted by Crippen LogP contribution is -2.74. The predicted octanol–water partition coefficient (Wildman–Crippen LogP) is -3.55. The van der Waals surface area contributed by atoms with Crippen LogP contribution in [0.2, 0.25) is 0 Å². The Kier molecular flexibility index (Phi) is 2.37. The van der Waals surface area contributed by atoms with E-state index in [2.05, 4.69) is 16.8 Å². The van der Waals surface area contributed by atoms with Gasteiger partial charge in [0.2, 0.25) is 0 Å². The van der Waals surface area contributed by atoms with Crippen LogP contribution in [-0.4, -0.2) is 16.7 Å². The summed E-state index contributed by atoms with van der Waals surface area (Å²) in [5.41, 5.74) is 0. The standard InChI is InChI=1S/CH12N8O/c1-7-9(5,6)10-8(2,3)4/h1-6H2/q+2. The summed E-state index contributed by atoms with van der Waals surface area (Å²) in [5, 5.41) is 3.07. The van der Waals surface area contributed by atoms with Gasteiger partial charge in [-0.05, 0) is 5.10 Å². The zero-order valence-electron chi connectivity index (χ0n) is 5.34. The van der Waals surface area contributed by atoms with Gasteiger partial charge in [-0.3, -0.25) is 0 Å². The third-order valence-electron chi connectivity index (χ3n) is 0.493. The highest BCUT2D eigenvalue weighted by molar-refractivity contribution is 5.21. The minimum Gasteiger partial charge on any atom is -0.102 e. The van der Waals surface area contributed by atoms with Crippen LogP contribution in [0.5, 0.6) is 0 Å². The van der Waals surface area contributed by atoms with Gasteiger partial charge in [0.05, 0.1) is 11.7 Å². The number of hydrogen-bond acceptors (Lipinski definition) is 7. The molecule has 0 aliphatic rings. The molecule has 0 rings (SSSR count). The van der Waals surface area contributed by atoms with Crippen LogP contribution in [0.1, 0.15) is 0 Å². The molecule has 0 aromatic heterocycles. The lowest BCUT2D eigenvalue weighted by Gasteiger charge is -2.19. The Balaban J connectivity index is 4.01. The van der Waals surface area contributed by atoms with Gasteiger partial charge in [0.25, 0.3) is 0 Å². The van der Waals surface area contributed by atoms with Gasteiger partial charge in [0.1, 0.15) is 9.91 Å². The van der Waals surface area contributed by atoms with Crippen LogP contribution < -0.4 is 29.2 Å². The highest BCUT2D eigenvalue weighted by Gasteiger charge is 2.32. The van der Waals surface area contributed by atoms with E-state index >= 15 is 0 Å². The van der Waals surface area contributed by atoms with Gasteiger partial charge in [-0.2, -0.15) is 0 Å². The normalized spacial score (nSPS) is 13.3. The molecule has 0 atom stereocenters. The number of nitrogens with two attached hydrogens (primary N) is 5. The second-order valence-corrected chi connectivity index (χ2v) is 1.66. The maximum Gasteiger partial charge on any atom is 0.144 e. The van der Waals surface area contributed by atoms with Gasteiger partial charge in [0, 0.05) is 0 Å². The minimum absolute atomic E-state index is 1.26. The second-order valence-electron chi connectivity index (χ2n) is 1.66. The first kappa shape index (κ1) is 9.35. The summed E-state index contributed by atoms with van der Waals surface area (Å²) >= 11 is 0. The quantitative estimate of drug-likeness (QED) is 0.122. The molecule has 0 spiro atoms. The van der Waals surface area contributed by atoms with Gasteiger partial charge in [-0.25, -0.2) is 0 Å². The molecule has 10 N–H and O–H groups in total. The molecular weight excluding hydrogens is 140 g/mol. The fourth-order valence-electron chi connectivity index (χ4n) is 0.252. The molecular formula is CH12N8O+2. The molecule has 0 aromatic carbocycles. The number of hydrogen-bond donors (Lipinski definition) is 5. The molecule has 0 aromatic rings. The third kappa shape index (κ3) is 4.25. The molecule has 9 nitrogen and oxygen atoms in total. The van der Waals surface area contributed by atoms with E-state index in [0.29, 0.717) is 0 Å². The fourth-order valence-corrected chi connectivity index (χ4v) is 0.252. The highest BCUT2D eigenvalue weighted by atomic mass is 17.0. The fraction of sp³-hybridized carbons (Fsp3) is 0. The Morgan fingerprint density at radius 1 is 1.10 bits per heavy atom. The molecule has 0 unspecified atom stereocenters. The third-order valence-corrected chi connectivity index (χ3v) is 0.493. The van der Waals surface area contributed by atoms with Crippen LogP contribution in [0, 0.1) is 0 Å². The monoisotopic (exact) mass is 152 g/mol. The van der Waals surface area contributed by atoms with E-state index in [-0.39, 0.29) is 0 Å². The molecule has 9 heteroatoms. The van der Waals surface area contributed by atoms with Crippen molar-refractivity contribution in [2.75, 3.05) is 0 Å². The van der Waals surface area contributed by atoms with Gasteiger partial charge in [0.15, 0.2) is 0 Å². The van der Waals surface area contributed by atoms with Crippen LogP contribution in [0.3, 0.4) is 0 Å². The van der Waals surface area contributed by atoms with E-state index in [4.69, 9.17) is 29.2 Å². The first-order valence-corrected chi connectivity index (χ1v) is 2.17. The van der Waals surface area contributed by atoms with Crippen LogP contribution in [0.4, 0.5) is 0 Å². The predicted molar refractivity (Wildman–Crippen MR) is 32.1 cm³/mol. The van der Waals surface area contributed by atoms with E-state index in [1.165, 1.54) is 0 Å². The van der Waals surface area contributed by atoms with Crippen molar-refractivity contribution in [3.05, 3.63) is 0 Å². The van der Waals surface area contributed by atoms with Crippen LogP contribution in [-0.2, 0) is 4.94 Å². The van der Waals surface area contributed by atoms with Crippen LogP contribution in [0.15, 0.2) is 5.10 Å². The van der Waals surface area contributed by atoms with Crippen molar-refractivity contribution in [2.45, 2.75) is 0 Å². The Bertz CT molecular complexity index is 122. The van der Waals surface area contributed by atoms with E-state index in [0.717, 1.165) is 0 Å². The maximum absolute atomic E-state index is 5.01. The topological polar surface area (TPSA) is 152 Å². The summed E-state index contributed by atoms with van der Waals surface area (Å²) in [6.45, 7) is 2.99. The largest absolute Gasteiger partial charge is 0.144 e. The van der Waals surface area contributed by atoms with Crippen molar-refractivity contribution in [1.82, 2.24) is 0 Å². The van der Waals surface area contributed by atoms with E-state index in [1.54, 1.807) is 0 Å². The van der Waals surface area contributed by atoms with Gasteiger partial charge >= 0.3 is 0 Å². The zero-order chi connectivity index (χ0) is 8.41. The van der Waals surface area contributed by atoms with Gasteiger partial charge < -0.3 is 0 Å². The summed E-state index contributed by atoms with van der Waals surface area (Å²) in [4.78, 5) is 1.71. The highest BCUT2D eigenvalue weighted by Crippen LogP contribution is 1.90. The lowest BCUT2D eigenvalue weighted by atomic mass is 11.7. The van der Waals surface area contributed by atoms with Crippen molar-refractivity contribution < 1.29 is 14.9 Å². The van der Waals surface area contributed by atoms with Crippen molar-refractivity contribution >= 4 is 6.72 Å². The number of nitrogens with zero attached hydrogens (tertiary/aromatic N) is 3. The summed E-state index contributed by atoms with van der Waals surface area (Å²) in [5.74, 6) is 24.7. The molecule has 0 saturated heterocycles. The van der Waals surface area contributed by atoms with Gasteiger partial charge in [-0.15, -0.1) is 17.5 Å². The van der Waals surface area contributed by atoms with Crippen molar-refractivity contribution in [2.24, 2.45) is 34.3 Å². The lowest BCUT2D eigenvalue weighted by molar-refractivity contribution is -1.37. The molecule has 0 fully saturated rings. The van der Waals surface area contributed by atoms with Crippen molar-refractivity contribution in [1.29, 1.82) is 0 Å². The summed E-state index contributed by atoms with van der Waals surface area (Å²) in [7, 11) is 0. The smallest absolute Gasteiger partial charge is 0.102 e. The molecule has 0 amide bonds. The van der Waals surface area contributed by atoms with Crippen molar-refractivity contribution in [3.8, 4) is 0 Å². The van der Waals surface area contributed by atoms with Crippen molar-refractivity contribution in [3.63, 3.8) is 0 Å². The molecule has 0 heterocycles. The molecule has 0 aliphatic carbocycles. The minimum atomic E-state index is -1.34. The van der Waals surface area contributed by atoms with E-state index < -0.39 is 9.95 Å². The van der Waals surface area contributed by atoms with E-state index in [9.17, 15) is 0 Å². The molecule has 0 aliphatic heterocycles. The summed E-state index contributed by atoms with van der Waals surface area (Å²) < 4.78 is 0. The van der Waals surface area contributed by atoms with E-state index in [1.807, 2.05) is 0 Å². The zero-order valence-corrected chi connectivity index (χ0v) is 5.34. The summed E-state index contributed by atoms with van der Waals surface area (Å²) in [6, 6.07) is 0. The Hall–Kier alpha value is -0.650. The molecule has 0 radical (unpaired) electrons. The Morgan fingerprint density at radius 2 is 1.50 bits per heavy atom. The molecule has 10 heavy (non-hydrogen) atoms. The van der Waals surface area contributed by atoms with Gasteiger partial charge in [-0.1, -0.05) is 11.7 Å².